The van der Waals surface area contributed by atoms with E-state index in [1.807, 2.05) is 23.8 Å². The molecule has 19 heavy (non-hydrogen) atoms. The molecule has 0 fully saturated rings. The van der Waals surface area contributed by atoms with Gasteiger partial charge in [0.2, 0.25) is 0 Å². The molecule has 0 saturated carbocycles. The summed E-state index contributed by atoms with van der Waals surface area (Å²) in [5.41, 5.74) is 0. The Kier molecular flexibility index (Phi) is 3.48. The number of thiophene rings is 1. The van der Waals surface area contributed by atoms with Gasteiger partial charge in [-0.3, -0.25) is 0 Å². The quantitative estimate of drug-likeness (QED) is 0.691. The van der Waals surface area contributed by atoms with E-state index in [1.165, 1.54) is 0 Å². The minimum Gasteiger partial charge on any atom is -0.327 e. The Morgan fingerprint density at radius 3 is 3.11 bits per heavy atom. The van der Waals surface area contributed by atoms with Crippen molar-refractivity contribution in [2.45, 2.75) is 26.3 Å². The van der Waals surface area contributed by atoms with Crippen LogP contribution >= 0.6 is 22.9 Å². The van der Waals surface area contributed by atoms with Gasteiger partial charge < -0.3 is 4.57 Å². The van der Waals surface area contributed by atoms with Crippen LogP contribution in [0.25, 0.3) is 10.2 Å². The molecular formula is C13H13ClN4S. The number of aryl methyl sites for hydroxylation is 1. The molecule has 0 aliphatic heterocycles. The lowest BCUT2D eigenvalue weighted by Crippen LogP contribution is -2.07. The molecule has 0 saturated heterocycles. The van der Waals surface area contributed by atoms with Crippen LogP contribution in [0, 0.1) is 0 Å². The van der Waals surface area contributed by atoms with Crippen LogP contribution in [0.1, 0.15) is 25.0 Å². The first-order chi connectivity index (χ1) is 9.28. The summed E-state index contributed by atoms with van der Waals surface area (Å²) in [6.45, 7) is 2.76. The SMILES string of the molecule is CCCc1nccn1Cc1nc(Cl)c2ccsc2n1. The van der Waals surface area contributed by atoms with E-state index in [9.17, 15) is 0 Å². The minimum atomic E-state index is 0.526. The molecule has 98 valence electrons. The molecule has 0 aliphatic rings. The van der Waals surface area contributed by atoms with Crippen molar-refractivity contribution in [2.75, 3.05) is 0 Å². The third-order valence-corrected chi connectivity index (χ3v) is 4.01. The molecule has 0 bridgehead atoms. The normalized spacial score (nSPS) is 11.3. The molecule has 0 radical (unpaired) electrons. The van der Waals surface area contributed by atoms with Crippen LogP contribution in [0.15, 0.2) is 23.8 Å². The maximum absolute atomic E-state index is 6.18. The fraction of sp³-hybridized carbons (Fsp3) is 0.308. The zero-order chi connectivity index (χ0) is 13.2. The van der Waals surface area contributed by atoms with Crippen LogP contribution in [0.4, 0.5) is 0 Å². The van der Waals surface area contributed by atoms with Gasteiger partial charge in [-0.1, -0.05) is 18.5 Å². The monoisotopic (exact) mass is 292 g/mol. The molecule has 0 aliphatic carbocycles. The first-order valence-electron chi connectivity index (χ1n) is 6.17. The van der Waals surface area contributed by atoms with E-state index < -0.39 is 0 Å². The summed E-state index contributed by atoms with van der Waals surface area (Å²) in [7, 11) is 0. The summed E-state index contributed by atoms with van der Waals surface area (Å²) < 4.78 is 2.08. The third kappa shape index (κ3) is 2.48. The molecule has 0 spiro atoms. The van der Waals surface area contributed by atoms with Crippen molar-refractivity contribution in [3.63, 3.8) is 0 Å². The smallest absolute Gasteiger partial charge is 0.151 e. The predicted molar refractivity (Wildman–Crippen MR) is 77.7 cm³/mol. The van der Waals surface area contributed by atoms with Gasteiger partial charge in [-0.2, -0.15) is 0 Å². The van der Waals surface area contributed by atoms with Gasteiger partial charge in [0.05, 0.1) is 6.54 Å². The predicted octanol–water partition coefficient (Wildman–Crippen LogP) is 3.54. The Labute approximate surface area is 120 Å². The second kappa shape index (κ2) is 5.27. The number of nitrogens with zero attached hydrogens (tertiary/aromatic N) is 4. The molecule has 3 aromatic heterocycles. The van der Waals surface area contributed by atoms with E-state index in [2.05, 4.69) is 26.4 Å². The number of hydrogen-bond donors (Lipinski definition) is 0. The van der Waals surface area contributed by atoms with Crippen LogP contribution < -0.4 is 0 Å². The van der Waals surface area contributed by atoms with E-state index in [1.54, 1.807) is 11.3 Å². The van der Waals surface area contributed by atoms with Gasteiger partial charge >= 0.3 is 0 Å². The highest BCUT2D eigenvalue weighted by Crippen LogP contribution is 2.25. The summed E-state index contributed by atoms with van der Waals surface area (Å²) in [6.07, 6.45) is 5.81. The van der Waals surface area contributed by atoms with Crippen LogP contribution in [-0.2, 0) is 13.0 Å². The molecule has 0 amide bonds. The Morgan fingerprint density at radius 2 is 2.26 bits per heavy atom. The largest absolute Gasteiger partial charge is 0.327 e. The number of rotatable bonds is 4. The third-order valence-electron chi connectivity index (χ3n) is 2.91. The van der Waals surface area contributed by atoms with Crippen molar-refractivity contribution in [1.29, 1.82) is 0 Å². The van der Waals surface area contributed by atoms with Crippen molar-refractivity contribution in [1.82, 2.24) is 19.5 Å². The molecule has 0 atom stereocenters. The molecule has 0 aromatic carbocycles. The molecule has 3 aromatic rings. The first-order valence-corrected chi connectivity index (χ1v) is 7.43. The second-order valence-corrected chi connectivity index (χ2v) is 5.54. The summed E-state index contributed by atoms with van der Waals surface area (Å²) in [5.74, 6) is 1.80. The molecule has 4 nitrogen and oxygen atoms in total. The second-order valence-electron chi connectivity index (χ2n) is 4.29. The van der Waals surface area contributed by atoms with E-state index >= 15 is 0 Å². The number of hydrogen-bond acceptors (Lipinski definition) is 4. The number of fused-ring (bicyclic) bond motifs is 1. The maximum atomic E-state index is 6.18. The van der Waals surface area contributed by atoms with Crippen molar-refractivity contribution in [3.8, 4) is 0 Å². The Balaban J connectivity index is 1.94. The summed E-state index contributed by atoms with van der Waals surface area (Å²) in [6, 6.07) is 1.95. The van der Waals surface area contributed by atoms with E-state index in [-0.39, 0.29) is 0 Å². The van der Waals surface area contributed by atoms with Gasteiger partial charge in [0, 0.05) is 24.2 Å². The molecule has 3 rings (SSSR count). The van der Waals surface area contributed by atoms with E-state index in [0.717, 1.165) is 34.7 Å². The van der Waals surface area contributed by atoms with Gasteiger partial charge in [-0.05, 0) is 17.9 Å². The summed E-state index contributed by atoms with van der Waals surface area (Å²) in [4.78, 5) is 14.2. The highest BCUT2D eigenvalue weighted by atomic mass is 35.5. The Morgan fingerprint density at radius 1 is 1.37 bits per heavy atom. The lowest BCUT2D eigenvalue weighted by Gasteiger charge is -2.06. The first kappa shape index (κ1) is 12.6. The van der Waals surface area contributed by atoms with Gasteiger partial charge in [-0.25, -0.2) is 15.0 Å². The summed E-state index contributed by atoms with van der Waals surface area (Å²) in [5, 5.41) is 3.43. The minimum absolute atomic E-state index is 0.526. The molecule has 0 N–H and O–H groups in total. The van der Waals surface area contributed by atoms with Gasteiger partial charge in [0.25, 0.3) is 0 Å². The Hall–Kier alpha value is -1.46. The average molecular weight is 293 g/mol. The summed E-state index contributed by atoms with van der Waals surface area (Å²) >= 11 is 7.76. The highest BCUT2D eigenvalue weighted by Gasteiger charge is 2.09. The van der Waals surface area contributed by atoms with Gasteiger partial charge in [-0.15, -0.1) is 11.3 Å². The maximum Gasteiger partial charge on any atom is 0.151 e. The van der Waals surface area contributed by atoms with E-state index in [4.69, 9.17) is 11.6 Å². The van der Waals surface area contributed by atoms with Crippen LogP contribution in [0.2, 0.25) is 5.15 Å². The fourth-order valence-electron chi connectivity index (χ4n) is 2.02. The fourth-order valence-corrected chi connectivity index (χ4v) is 3.11. The van der Waals surface area contributed by atoms with Crippen LogP contribution in [0.5, 0.6) is 0 Å². The van der Waals surface area contributed by atoms with Crippen molar-refractivity contribution in [2.24, 2.45) is 0 Å². The Bertz CT molecular complexity index is 704. The van der Waals surface area contributed by atoms with Gasteiger partial charge in [0.1, 0.15) is 15.8 Å². The van der Waals surface area contributed by atoms with Crippen molar-refractivity contribution < 1.29 is 0 Å². The van der Waals surface area contributed by atoms with Crippen LogP contribution in [0.3, 0.4) is 0 Å². The van der Waals surface area contributed by atoms with Gasteiger partial charge in [0.15, 0.2) is 5.82 Å². The lowest BCUT2D eigenvalue weighted by atomic mass is 10.3. The zero-order valence-corrected chi connectivity index (χ0v) is 12.1. The average Bonchev–Trinajstić information content (AvgIpc) is 3.00. The van der Waals surface area contributed by atoms with Crippen molar-refractivity contribution >= 4 is 33.2 Å². The zero-order valence-electron chi connectivity index (χ0n) is 10.5. The number of aromatic nitrogens is 4. The molecule has 0 unspecified atom stereocenters. The number of halogens is 1. The molecule has 6 heteroatoms. The van der Waals surface area contributed by atoms with Crippen molar-refractivity contribution in [3.05, 3.63) is 40.6 Å². The highest BCUT2D eigenvalue weighted by molar-refractivity contribution is 7.16. The van der Waals surface area contributed by atoms with Crippen LogP contribution in [-0.4, -0.2) is 19.5 Å². The molecule has 3 heterocycles. The topological polar surface area (TPSA) is 43.6 Å². The number of imidazole rings is 1. The standard InChI is InChI=1S/C13H13ClN4S/c1-2-3-11-15-5-6-18(11)8-10-16-12(14)9-4-7-19-13(9)17-10/h4-7H,2-3,8H2,1H3. The molecular weight excluding hydrogens is 280 g/mol. The van der Waals surface area contributed by atoms with E-state index in [0.29, 0.717) is 11.7 Å². The lowest BCUT2D eigenvalue weighted by molar-refractivity contribution is 0.681.